The Bertz CT molecular complexity index is 1390. The highest BCUT2D eigenvalue weighted by Gasteiger charge is 2.23. The van der Waals surface area contributed by atoms with Crippen molar-refractivity contribution in [1.82, 2.24) is 8.87 Å². The molecule has 0 fully saturated rings. The van der Waals surface area contributed by atoms with E-state index < -0.39 is 15.9 Å². The smallest absolute Gasteiger partial charge is 0.279 e. The summed E-state index contributed by atoms with van der Waals surface area (Å²) in [5, 5.41) is 0. The monoisotopic (exact) mass is 527 g/mol. The molecule has 0 atom stereocenters. The molecule has 192 valence electrons. The van der Waals surface area contributed by atoms with Crippen LogP contribution >= 0.6 is 11.3 Å². The fourth-order valence-electron chi connectivity index (χ4n) is 3.73. The summed E-state index contributed by atoms with van der Waals surface area (Å²) in [6.45, 7) is 7.79. The molecule has 9 heteroatoms. The third-order valence-electron chi connectivity index (χ3n) is 5.67. The Labute approximate surface area is 217 Å². The first-order valence-corrected chi connectivity index (χ1v) is 14.5. The lowest BCUT2D eigenvalue weighted by Gasteiger charge is -2.22. The molecule has 3 rings (SSSR count). The largest absolute Gasteiger partial charge is 0.494 e. The molecular formula is C27H33N3O4S2. The molecule has 36 heavy (non-hydrogen) atoms. The van der Waals surface area contributed by atoms with Gasteiger partial charge in [-0.05, 0) is 62.2 Å². The van der Waals surface area contributed by atoms with Gasteiger partial charge in [0, 0.05) is 18.7 Å². The van der Waals surface area contributed by atoms with Crippen LogP contribution in [0, 0.1) is 12.3 Å². The molecular weight excluding hydrogens is 494 g/mol. The maximum absolute atomic E-state index is 13.2. The molecule has 0 saturated carbocycles. The van der Waals surface area contributed by atoms with Gasteiger partial charge in [0.25, 0.3) is 5.91 Å². The van der Waals surface area contributed by atoms with Crippen molar-refractivity contribution in [1.29, 1.82) is 0 Å². The average molecular weight is 528 g/mol. The number of amides is 1. The number of carbonyl (C=O) groups is 1. The van der Waals surface area contributed by atoms with E-state index in [1.165, 1.54) is 39.9 Å². The van der Waals surface area contributed by atoms with Crippen molar-refractivity contribution in [2.45, 2.75) is 57.9 Å². The molecule has 0 N–H and O–H groups in total. The van der Waals surface area contributed by atoms with Crippen molar-refractivity contribution in [2.75, 3.05) is 19.7 Å². The number of thiazole rings is 1. The summed E-state index contributed by atoms with van der Waals surface area (Å²) in [5.74, 6) is 2.89. The number of hydrogen-bond donors (Lipinski definition) is 0. The van der Waals surface area contributed by atoms with E-state index in [0.717, 1.165) is 41.6 Å². The first kappa shape index (κ1) is 27.7. The maximum Gasteiger partial charge on any atom is 0.279 e. The van der Waals surface area contributed by atoms with Gasteiger partial charge in [-0.15, -0.1) is 6.42 Å². The van der Waals surface area contributed by atoms with Gasteiger partial charge in [0.1, 0.15) is 5.75 Å². The Hall–Kier alpha value is -2.93. The second kappa shape index (κ2) is 12.9. The molecule has 1 aromatic heterocycles. The van der Waals surface area contributed by atoms with Gasteiger partial charge in [-0.25, -0.2) is 8.42 Å². The van der Waals surface area contributed by atoms with Crippen LogP contribution in [0.4, 0.5) is 0 Å². The standard InChI is InChI=1S/C27H33N3O4S2/c1-5-9-18-29(19-10-6-2)36(32,33)23-14-11-21(12-15-23)26(31)28-27-30(17-7-3)24-16-13-22(34-8-4)20-25(24)35-27/h3,11-16,20H,5-6,8-10,17-19H2,1-2,4H3. The number of carbonyl (C=O) groups excluding carboxylic acids is 1. The predicted octanol–water partition coefficient (Wildman–Crippen LogP) is 5.07. The molecule has 1 amide bonds. The summed E-state index contributed by atoms with van der Waals surface area (Å²) in [7, 11) is -3.63. The summed E-state index contributed by atoms with van der Waals surface area (Å²) >= 11 is 1.35. The summed E-state index contributed by atoms with van der Waals surface area (Å²) in [6.07, 6.45) is 9.00. The number of ether oxygens (including phenoxy) is 1. The number of fused-ring (bicyclic) bond motifs is 1. The molecule has 1 heterocycles. The molecule has 0 aliphatic rings. The number of nitrogens with zero attached hydrogens (tertiary/aromatic N) is 3. The van der Waals surface area contributed by atoms with Crippen LogP contribution in [-0.2, 0) is 16.6 Å². The highest BCUT2D eigenvalue weighted by molar-refractivity contribution is 7.89. The van der Waals surface area contributed by atoms with Crippen LogP contribution in [-0.4, -0.2) is 42.9 Å². The van der Waals surface area contributed by atoms with Crippen LogP contribution in [0.25, 0.3) is 10.2 Å². The van der Waals surface area contributed by atoms with Gasteiger partial charge >= 0.3 is 0 Å². The van der Waals surface area contributed by atoms with Crippen molar-refractivity contribution in [3.05, 3.63) is 52.8 Å². The number of unbranched alkanes of at least 4 members (excludes halogenated alkanes) is 2. The van der Waals surface area contributed by atoms with Gasteiger partial charge in [0.15, 0.2) is 4.80 Å². The van der Waals surface area contributed by atoms with E-state index >= 15 is 0 Å². The van der Waals surface area contributed by atoms with Crippen molar-refractivity contribution >= 4 is 37.5 Å². The minimum absolute atomic E-state index is 0.180. The second-order valence-electron chi connectivity index (χ2n) is 8.29. The number of benzene rings is 2. The van der Waals surface area contributed by atoms with Crippen LogP contribution in [0.1, 0.15) is 56.8 Å². The first-order valence-electron chi connectivity index (χ1n) is 12.2. The summed E-state index contributed by atoms with van der Waals surface area (Å²) < 4.78 is 36.2. The van der Waals surface area contributed by atoms with Crippen molar-refractivity contribution in [3.63, 3.8) is 0 Å². The lowest BCUT2D eigenvalue weighted by molar-refractivity contribution is 0.0997. The Morgan fingerprint density at radius 1 is 1.08 bits per heavy atom. The third-order valence-corrected chi connectivity index (χ3v) is 8.63. The molecule has 0 radical (unpaired) electrons. The Morgan fingerprint density at radius 3 is 2.33 bits per heavy atom. The van der Waals surface area contributed by atoms with Gasteiger partial charge < -0.3 is 9.30 Å². The van der Waals surface area contributed by atoms with Gasteiger partial charge in [-0.1, -0.05) is 43.9 Å². The summed E-state index contributed by atoms with van der Waals surface area (Å²) in [5.41, 5.74) is 1.18. The fourth-order valence-corrected chi connectivity index (χ4v) is 6.30. The minimum atomic E-state index is -3.63. The van der Waals surface area contributed by atoms with E-state index in [9.17, 15) is 13.2 Å². The van der Waals surface area contributed by atoms with E-state index in [1.807, 2.05) is 43.5 Å². The number of rotatable bonds is 12. The molecule has 0 unspecified atom stereocenters. The zero-order valence-corrected chi connectivity index (χ0v) is 22.7. The van der Waals surface area contributed by atoms with E-state index in [-0.39, 0.29) is 11.4 Å². The summed E-state index contributed by atoms with van der Waals surface area (Å²) in [6, 6.07) is 11.7. The second-order valence-corrected chi connectivity index (χ2v) is 11.2. The molecule has 7 nitrogen and oxygen atoms in total. The predicted molar refractivity (Wildman–Crippen MR) is 145 cm³/mol. The molecule has 3 aromatic rings. The Morgan fingerprint density at radius 2 is 1.75 bits per heavy atom. The molecule has 0 aliphatic carbocycles. The highest BCUT2D eigenvalue weighted by Crippen LogP contribution is 2.24. The lowest BCUT2D eigenvalue weighted by atomic mass is 10.2. The molecule has 0 spiro atoms. The molecule has 0 bridgehead atoms. The van der Waals surface area contributed by atoms with Crippen LogP contribution in [0.15, 0.2) is 52.4 Å². The average Bonchev–Trinajstić information content (AvgIpc) is 3.20. The number of sulfonamides is 1. The van der Waals surface area contributed by atoms with Crippen LogP contribution in [0.3, 0.4) is 0 Å². The number of aromatic nitrogens is 1. The van der Waals surface area contributed by atoms with Crippen LogP contribution < -0.4 is 9.54 Å². The topological polar surface area (TPSA) is 81.0 Å². The Balaban J connectivity index is 1.92. The normalized spacial score (nSPS) is 12.2. The third kappa shape index (κ3) is 6.44. The zero-order chi connectivity index (χ0) is 26.1. The van der Waals surface area contributed by atoms with E-state index in [0.29, 0.717) is 30.1 Å². The van der Waals surface area contributed by atoms with E-state index in [1.54, 1.807) is 0 Å². The van der Waals surface area contributed by atoms with Crippen molar-refractivity contribution < 1.29 is 17.9 Å². The van der Waals surface area contributed by atoms with Gasteiger partial charge in [-0.2, -0.15) is 9.30 Å². The quantitative estimate of drug-likeness (QED) is 0.308. The Kier molecular flexibility index (Phi) is 9.88. The van der Waals surface area contributed by atoms with Crippen LogP contribution in [0.2, 0.25) is 0 Å². The van der Waals surface area contributed by atoms with Gasteiger partial charge in [0.05, 0.1) is 28.3 Å². The minimum Gasteiger partial charge on any atom is -0.494 e. The fraction of sp³-hybridized carbons (Fsp3) is 0.407. The summed E-state index contributed by atoms with van der Waals surface area (Å²) in [4.78, 5) is 18.0. The molecule has 2 aromatic carbocycles. The zero-order valence-electron chi connectivity index (χ0n) is 21.1. The molecule has 0 aliphatic heterocycles. The highest BCUT2D eigenvalue weighted by atomic mass is 32.2. The lowest BCUT2D eigenvalue weighted by Crippen LogP contribution is -2.33. The SMILES string of the molecule is C#CCn1c(=NC(=O)c2ccc(S(=O)(=O)N(CCCC)CCCC)cc2)sc2cc(OCC)ccc21. The van der Waals surface area contributed by atoms with E-state index in [4.69, 9.17) is 11.2 Å². The van der Waals surface area contributed by atoms with Crippen molar-refractivity contribution in [2.24, 2.45) is 4.99 Å². The maximum atomic E-state index is 13.2. The van der Waals surface area contributed by atoms with Gasteiger partial charge in [-0.3, -0.25) is 4.79 Å². The number of hydrogen-bond acceptors (Lipinski definition) is 5. The van der Waals surface area contributed by atoms with Crippen LogP contribution in [0.5, 0.6) is 5.75 Å². The molecule has 0 saturated heterocycles. The van der Waals surface area contributed by atoms with Gasteiger partial charge in [0.2, 0.25) is 10.0 Å². The van der Waals surface area contributed by atoms with Crippen molar-refractivity contribution in [3.8, 4) is 18.1 Å². The first-order chi connectivity index (χ1) is 17.3. The number of terminal acetylenes is 1. The van der Waals surface area contributed by atoms with E-state index in [2.05, 4.69) is 10.9 Å².